The molecule has 1 aliphatic heterocycles. The molecule has 1 saturated heterocycles. The minimum Gasteiger partial charge on any atom is -0.343 e. The van der Waals surface area contributed by atoms with Gasteiger partial charge in [-0.2, -0.15) is 0 Å². The van der Waals surface area contributed by atoms with Gasteiger partial charge in [0, 0.05) is 30.8 Å². The second-order valence-electron chi connectivity index (χ2n) is 7.73. The average molecular weight is 422 g/mol. The molecule has 160 valence electrons. The summed E-state index contributed by atoms with van der Waals surface area (Å²) in [4.78, 5) is 48.5. The van der Waals surface area contributed by atoms with Gasteiger partial charge < -0.3 is 5.32 Å². The van der Waals surface area contributed by atoms with Gasteiger partial charge in [-0.05, 0) is 37.0 Å². The van der Waals surface area contributed by atoms with Gasteiger partial charge in [0.2, 0.25) is 0 Å². The van der Waals surface area contributed by atoms with Crippen LogP contribution in [-0.2, 0) is 15.0 Å². The Hall–Kier alpha value is -3.75. The Labute approximate surface area is 178 Å². The molecule has 3 amide bonds. The lowest BCUT2D eigenvalue weighted by Crippen LogP contribution is -2.51. The van der Waals surface area contributed by atoms with E-state index in [0.29, 0.717) is 19.5 Å². The Morgan fingerprint density at radius 1 is 0.968 bits per heavy atom. The molecule has 0 radical (unpaired) electrons. The van der Waals surface area contributed by atoms with E-state index in [2.05, 4.69) is 5.32 Å². The zero-order valence-electron chi connectivity index (χ0n) is 16.8. The number of hydrogen-bond donors (Lipinski definition) is 1. The minimum atomic E-state index is -0.563. The fourth-order valence-electron chi connectivity index (χ4n) is 3.92. The van der Waals surface area contributed by atoms with Crippen molar-refractivity contribution in [1.82, 2.24) is 15.3 Å². The third kappa shape index (κ3) is 3.98. The molecule has 0 aromatic heterocycles. The van der Waals surface area contributed by atoms with E-state index in [1.54, 1.807) is 0 Å². The van der Waals surface area contributed by atoms with Crippen molar-refractivity contribution >= 4 is 23.4 Å². The monoisotopic (exact) mass is 422 g/mol. The number of carbonyl (C=O) groups excluding carboxylic acids is 3. The number of benzene rings is 2. The Kier molecular flexibility index (Phi) is 5.41. The maximum absolute atomic E-state index is 13.3. The highest BCUT2D eigenvalue weighted by molar-refractivity contribution is 5.97. The van der Waals surface area contributed by atoms with Crippen LogP contribution in [0.15, 0.2) is 54.6 Å². The largest absolute Gasteiger partial charge is 0.343 e. The summed E-state index contributed by atoms with van der Waals surface area (Å²) in [5.74, 6) is -0.959. The SMILES string of the molecule is O=C(NCC(=O)N1CCCN1C(=O)C1(c2ccccc2)CC1)c1ccc([N+](=O)[O-])cc1. The van der Waals surface area contributed by atoms with E-state index in [1.165, 1.54) is 34.3 Å². The molecule has 2 aliphatic rings. The number of nitro groups is 1. The lowest BCUT2D eigenvalue weighted by atomic mass is 9.95. The van der Waals surface area contributed by atoms with Gasteiger partial charge in [0.1, 0.15) is 0 Å². The number of non-ortho nitro benzene ring substituents is 1. The van der Waals surface area contributed by atoms with Crippen molar-refractivity contribution in [2.45, 2.75) is 24.7 Å². The average Bonchev–Trinajstić information content (AvgIpc) is 3.46. The Bertz CT molecular complexity index is 1020. The molecule has 31 heavy (non-hydrogen) atoms. The molecule has 2 fully saturated rings. The predicted molar refractivity (Wildman–Crippen MR) is 111 cm³/mol. The Balaban J connectivity index is 1.38. The summed E-state index contributed by atoms with van der Waals surface area (Å²) in [7, 11) is 0. The first-order valence-electron chi connectivity index (χ1n) is 10.1. The van der Waals surface area contributed by atoms with Crippen LogP contribution in [0.3, 0.4) is 0 Å². The van der Waals surface area contributed by atoms with Crippen molar-refractivity contribution in [2.24, 2.45) is 0 Å². The summed E-state index contributed by atoms with van der Waals surface area (Å²) >= 11 is 0. The topological polar surface area (TPSA) is 113 Å². The molecule has 9 heteroatoms. The van der Waals surface area contributed by atoms with Crippen LogP contribution in [0.5, 0.6) is 0 Å². The van der Waals surface area contributed by atoms with E-state index in [4.69, 9.17) is 0 Å². The van der Waals surface area contributed by atoms with Crippen LogP contribution in [-0.4, -0.2) is 52.3 Å². The highest BCUT2D eigenvalue weighted by atomic mass is 16.6. The van der Waals surface area contributed by atoms with Gasteiger partial charge in [0.25, 0.3) is 23.4 Å². The Morgan fingerprint density at radius 2 is 1.61 bits per heavy atom. The summed E-state index contributed by atoms with van der Waals surface area (Å²) in [6.45, 7) is 0.621. The van der Waals surface area contributed by atoms with E-state index in [1.807, 2.05) is 30.3 Å². The third-order valence-electron chi connectivity index (χ3n) is 5.78. The standard InChI is InChI=1S/C22H22N4O5/c27-19(15-23-20(28)16-7-9-18(10-8-16)26(30)31)24-13-4-14-25(24)21(29)22(11-12-22)17-5-2-1-3-6-17/h1-3,5-10H,4,11-15H2,(H,23,28). The number of nitro benzene ring substituents is 1. The van der Waals surface area contributed by atoms with E-state index in [-0.39, 0.29) is 29.6 Å². The van der Waals surface area contributed by atoms with Gasteiger partial charge in [-0.15, -0.1) is 0 Å². The molecule has 1 heterocycles. The molecule has 0 bridgehead atoms. The van der Waals surface area contributed by atoms with Crippen LogP contribution < -0.4 is 5.32 Å². The van der Waals surface area contributed by atoms with Crippen LogP contribution in [0.1, 0.15) is 35.2 Å². The fraction of sp³-hybridized carbons (Fsp3) is 0.318. The molecular formula is C22H22N4O5. The summed E-state index contributed by atoms with van der Waals surface area (Å²) in [5.41, 5.74) is 0.498. The van der Waals surface area contributed by atoms with E-state index in [0.717, 1.165) is 18.4 Å². The lowest BCUT2D eigenvalue weighted by molar-refractivity contribution is -0.384. The number of hydrogen-bond acceptors (Lipinski definition) is 5. The summed E-state index contributed by atoms with van der Waals surface area (Å²) in [5, 5.41) is 16.2. The molecule has 0 spiro atoms. The fourth-order valence-corrected chi connectivity index (χ4v) is 3.92. The van der Waals surface area contributed by atoms with Crippen molar-refractivity contribution in [3.63, 3.8) is 0 Å². The quantitative estimate of drug-likeness (QED) is 0.565. The van der Waals surface area contributed by atoms with E-state index >= 15 is 0 Å². The van der Waals surface area contributed by atoms with Gasteiger partial charge in [-0.1, -0.05) is 30.3 Å². The van der Waals surface area contributed by atoms with E-state index in [9.17, 15) is 24.5 Å². The summed E-state index contributed by atoms with van der Waals surface area (Å²) < 4.78 is 0. The smallest absolute Gasteiger partial charge is 0.269 e. The number of carbonyl (C=O) groups is 3. The van der Waals surface area contributed by atoms with Crippen molar-refractivity contribution in [3.8, 4) is 0 Å². The maximum Gasteiger partial charge on any atom is 0.269 e. The first-order valence-corrected chi connectivity index (χ1v) is 10.1. The highest BCUT2D eigenvalue weighted by Gasteiger charge is 2.54. The summed E-state index contributed by atoms with van der Waals surface area (Å²) in [6, 6.07) is 14.7. The van der Waals surface area contributed by atoms with Gasteiger partial charge in [0.05, 0.1) is 16.9 Å². The van der Waals surface area contributed by atoms with Crippen LogP contribution in [0.25, 0.3) is 0 Å². The molecule has 0 atom stereocenters. The first-order chi connectivity index (χ1) is 14.9. The number of nitrogens with one attached hydrogen (secondary N) is 1. The molecule has 0 unspecified atom stereocenters. The molecule has 9 nitrogen and oxygen atoms in total. The summed E-state index contributed by atoms with van der Waals surface area (Å²) in [6.07, 6.45) is 2.19. The molecule has 1 N–H and O–H groups in total. The van der Waals surface area contributed by atoms with Crippen molar-refractivity contribution in [1.29, 1.82) is 0 Å². The molecule has 2 aromatic carbocycles. The van der Waals surface area contributed by atoms with Gasteiger partial charge in [-0.25, -0.2) is 5.01 Å². The van der Waals surface area contributed by atoms with Crippen LogP contribution in [0, 0.1) is 10.1 Å². The van der Waals surface area contributed by atoms with Crippen molar-refractivity contribution in [2.75, 3.05) is 19.6 Å². The first kappa shape index (κ1) is 20.5. The van der Waals surface area contributed by atoms with Crippen LogP contribution in [0.2, 0.25) is 0 Å². The lowest BCUT2D eigenvalue weighted by Gasteiger charge is -2.31. The van der Waals surface area contributed by atoms with Crippen molar-refractivity contribution < 1.29 is 19.3 Å². The molecular weight excluding hydrogens is 400 g/mol. The van der Waals surface area contributed by atoms with Crippen molar-refractivity contribution in [3.05, 3.63) is 75.8 Å². The molecule has 1 aliphatic carbocycles. The Morgan fingerprint density at radius 3 is 2.23 bits per heavy atom. The highest BCUT2D eigenvalue weighted by Crippen LogP contribution is 2.50. The predicted octanol–water partition coefficient (Wildman–Crippen LogP) is 2.03. The van der Waals surface area contributed by atoms with Gasteiger partial charge >= 0.3 is 0 Å². The second kappa shape index (κ2) is 8.17. The van der Waals surface area contributed by atoms with Crippen LogP contribution in [0.4, 0.5) is 5.69 Å². The van der Waals surface area contributed by atoms with Gasteiger partial charge in [-0.3, -0.25) is 29.5 Å². The van der Waals surface area contributed by atoms with Crippen LogP contribution >= 0.6 is 0 Å². The minimum absolute atomic E-state index is 0.0776. The second-order valence-corrected chi connectivity index (χ2v) is 7.73. The number of amides is 3. The third-order valence-corrected chi connectivity index (χ3v) is 5.78. The molecule has 1 saturated carbocycles. The zero-order valence-corrected chi connectivity index (χ0v) is 16.8. The van der Waals surface area contributed by atoms with Gasteiger partial charge in [0.15, 0.2) is 0 Å². The number of nitrogens with zero attached hydrogens (tertiary/aromatic N) is 3. The number of rotatable bonds is 6. The maximum atomic E-state index is 13.3. The van der Waals surface area contributed by atoms with E-state index < -0.39 is 16.2 Å². The number of hydrazine groups is 1. The zero-order chi connectivity index (χ0) is 22.0. The normalized spacial score (nSPS) is 16.6. The molecule has 2 aromatic rings. The molecule has 4 rings (SSSR count).